The van der Waals surface area contributed by atoms with Gasteiger partial charge in [-0.1, -0.05) is 48.2 Å². The van der Waals surface area contributed by atoms with Gasteiger partial charge in [0, 0.05) is 40.8 Å². The summed E-state index contributed by atoms with van der Waals surface area (Å²) in [5.41, 5.74) is 2.64. The number of anilines is 1. The zero-order valence-electron chi connectivity index (χ0n) is 18.4. The smallest absolute Gasteiger partial charge is 0.258 e. The van der Waals surface area contributed by atoms with Gasteiger partial charge in [-0.2, -0.15) is 4.31 Å². The summed E-state index contributed by atoms with van der Waals surface area (Å²) in [6, 6.07) is 12.8. The van der Waals surface area contributed by atoms with Gasteiger partial charge in [0.05, 0.1) is 4.90 Å². The summed E-state index contributed by atoms with van der Waals surface area (Å²) in [7, 11) is -3.59. The minimum Gasteiger partial charge on any atom is -0.307 e. The molecule has 1 amide bonds. The molecule has 3 aliphatic rings. The van der Waals surface area contributed by atoms with Crippen molar-refractivity contribution in [3.8, 4) is 0 Å². The second kappa shape index (κ2) is 8.26. The molecular weight excluding hydrogens is 488 g/mol. The lowest BCUT2D eigenvalue weighted by atomic mass is 9.71. The van der Waals surface area contributed by atoms with Gasteiger partial charge < -0.3 is 4.90 Å². The number of carbonyl (C=O) groups is 1. The Kier molecular flexibility index (Phi) is 5.71. The largest absolute Gasteiger partial charge is 0.307 e. The summed E-state index contributed by atoms with van der Waals surface area (Å²) in [5, 5.41) is 0. The van der Waals surface area contributed by atoms with Crippen LogP contribution in [0.1, 0.15) is 61.4 Å². The van der Waals surface area contributed by atoms with E-state index in [0.717, 1.165) is 29.4 Å². The van der Waals surface area contributed by atoms with Gasteiger partial charge in [-0.3, -0.25) is 4.79 Å². The Labute approximate surface area is 199 Å². The Morgan fingerprint density at radius 3 is 2.59 bits per heavy atom. The molecule has 2 aromatic carbocycles. The van der Waals surface area contributed by atoms with Crippen LogP contribution in [0.25, 0.3) is 0 Å². The predicted molar refractivity (Wildman–Crippen MR) is 130 cm³/mol. The minimum atomic E-state index is -3.59. The van der Waals surface area contributed by atoms with Crippen molar-refractivity contribution in [2.45, 2.75) is 55.8 Å². The highest BCUT2D eigenvalue weighted by Gasteiger charge is 2.45. The quantitative estimate of drug-likeness (QED) is 0.552. The van der Waals surface area contributed by atoms with Crippen LogP contribution in [0.3, 0.4) is 0 Å². The molecule has 5 rings (SSSR count). The van der Waals surface area contributed by atoms with Crippen LogP contribution < -0.4 is 4.90 Å². The van der Waals surface area contributed by atoms with Crippen molar-refractivity contribution in [3.05, 3.63) is 58.1 Å². The van der Waals surface area contributed by atoms with E-state index < -0.39 is 10.0 Å². The molecule has 170 valence electrons. The van der Waals surface area contributed by atoms with E-state index in [2.05, 4.69) is 28.9 Å². The maximum atomic E-state index is 13.7. The van der Waals surface area contributed by atoms with Crippen molar-refractivity contribution in [1.82, 2.24) is 4.31 Å². The molecule has 0 bridgehead atoms. The molecule has 1 aliphatic carbocycles. The molecule has 2 fully saturated rings. The maximum Gasteiger partial charge on any atom is 0.258 e. The van der Waals surface area contributed by atoms with Crippen molar-refractivity contribution < 1.29 is 13.2 Å². The zero-order chi connectivity index (χ0) is 22.5. The highest BCUT2D eigenvalue weighted by molar-refractivity contribution is 9.10. The monoisotopic (exact) mass is 516 g/mol. The third-order valence-corrected chi connectivity index (χ3v) is 9.80. The molecule has 1 saturated heterocycles. The Morgan fingerprint density at radius 1 is 1.09 bits per heavy atom. The van der Waals surface area contributed by atoms with Gasteiger partial charge in [-0.05, 0) is 67.1 Å². The summed E-state index contributed by atoms with van der Waals surface area (Å²) in [6.07, 6.45) is 6.64. The fourth-order valence-electron chi connectivity index (χ4n) is 5.69. The van der Waals surface area contributed by atoms with Crippen molar-refractivity contribution in [2.24, 2.45) is 5.92 Å². The van der Waals surface area contributed by atoms with Gasteiger partial charge in [-0.15, -0.1) is 0 Å². The standard InChI is InChI=1S/C25H29BrN2O3S/c1-18-10-13-27(16-18)32(30,31)21-7-5-6-19(14-21)24(29)28-17-25(11-3-2-4-12-25)22-15-20(26)8-9-23(22)28/h5-9,14-15,18H,2-4,10-13,16-17H2,1H3. The molecule has 2 heterocycles. The zero-order valence-corrected chi connectivity index (χ0v) is 20.8. The molecule has 2 aromatic rings. The second-order valence-electron chi connectivity index (χ2n) is 9.68. The van der Waals surface area contributed by atoms with E-state index in [1.807, 2.05) is 17.0 Å². The number of hydrogen-bond donors (Lipinski definition) is 0. The number of amides is 1. The number of sulfonamides is 1. The number of halogens is 1. The molecule has 1 spiro atoms. The molecule has 1 saturated carbocycles. The molecule has 1 atom stereocenters. The van der Waals surface area contributed by atoms with E-state index in [9.17, 15) is 13.2 Å². The van der Waals surface area contributed by atoms with Gasteiger partial charge >= 0.3 is 0 Å². The Morgan fingerprint density at radius 2 is 1.88 bits per heavy atom. The average molecular weight is 517 g/mol. The summed E-state index contributed by atoms with van der Waals surface area (Å²) in [5.74, 6) is 0.240. The Bertz CT molecular complexity index is 1160. The van der Waals surface area contributed by atoms with Crippen molar-refractivity contribution in [2.75, 3.05) is 24.5 Å². The van der Waals surface area contributed by atoms with Gasteiger partial charge in [-0.25, -0.2) is 8.42 Å². The van der Waals surface area contributed by atoms with Crippen LogP contribution in [0.5, 0.6) is 0 Å². The van der Waals surface area contributed by atoms with Crippen molar-refractivity contribution in [1.29, 1.82) is 0 Å². The molecule has 1 unspecified atom stereocenters. The summed E-state index contributed by atoms with van der Waals surface area (Å²) >= 11 is 3.61. The van der Waals surface area contributed by atoms with Crippen molar-refractivity contribution >= 4 is 37.5 Å². The summed E-state index contributed by atoms with van der Waals surface area (Å²) in [6.45, 7) is 3.81. The van der Waals surface area contributed by atoms with Crippen LogP contribution >= 0.6 is 15.9 Å². The van der Waals surface area contributed by atoms with Crippen LogP contribution in [0.4, 0.5) is 5.69 Å². The number of fused-ring (bicyclic) bond motifs is 2. The van der Waals surface area contributed by atoms with Gasteiger partial charge in [0.15, 0.2) is 0 Å². The normalized spacial score (nSPS) is 22.9. The van der Waals surface area contributed by atoms with E-state index in [1.165, 1.54) is 24.8 Å². The SMILES string of the molecule is CC1CCN(S(=O)(=O)c2cccc(C(=O)N3CC4(CCCCC4)c4cc(Br)ccc43)c2)C1. The predicted octanol–water partition coefficient (Wildman–Crippen LogP) is 5.34. The summed E-state index contributed by atoms with van der Waals surface area (Å²) < 4.78 is 28.9. The highest BCUT2D eigenvalue weighted by atomic mass is 79.9. The molecule has 0 radical (unpaired) electrons. The third kappa shape index (κ3) is 3.72. The number of benzene rings is 2. The number of carbonyl (C=O) groups excluding carboxylic acids is 1. The van der Waals surface area contributed by atoms with Gasteiger partial charge in [0.2, 0.25) is 10.0 Å². The van der Waals surface area contributed by atoms with E-state index >= 15 is 0 Å². The van der Waals surface area contributed by atoms with E-state index in [1.54, 1.807) is 28.6 Å². The lowest BCUT2D eigenvalue weighted by Gasteiger charge is -2.34. The first-order valence-corrected chi connectivity index (χ1v) is 13.8. The van der Waals surface area contributed by atoms with Gasteiger partial charge in [0.25, 0.3) is 5.91 Å². The second-order valence-corrected chi connectivity index (χ2v) is 12.5. The summed E-state index contributed by atoms with van der Waals surface area (Å²) in [4.78, 5) is 15.8. The minimum absolute atomic E-state index is 0.00238. The third-order valence-electron chi connectivity index (χ3n) is 7.44. The van der Waals surface area contributed by atoms with Crippen LogP contribution in [-0.2, 0) is 15.4 Å². The first-order valence-electron chi connectivity index (χ1n) is 11.5. The van der Waals surface area contributed by atoms with E-state index in [0.29, 0.717) is 31.1 Å². The fourth-order valence-corrected chi connectivity index (χ4v) is 7.67. The highest BCUT2D eigenvalue weighted by Crippen LogP contribution is 2.50. The van der Waals surface area contributed by atoms with Gasteiger partial charge in [0.1, 0.15) is 0 Å². The first kappa shape index (κ1) is 22.1. The molecule has 0 N–H and O–H groups in total. The number of nitrogens with zero attached hydrogens (tertiary/aromatic N) is 2. The van der Waals surface area contributed by atoms with Crippen LogP contribution in [0, 0.1) is 5.92 Å². The van der Waals surface area contributed by atoms with Crippen LogP contribution in [0.15, 0.2) is 51.8 Å². The molecular formula is C25H29BrN2O3S. The molecule has 5 nitrogen and oxygen atoms in total. The lowest BCUT2D eigenvalue weighted by molar-refractivity contribution is 0.0982. The number of hydrogen-bond acceptors (Lipinski definition) is 3. The average Bonchev–Trinajstić information content (AvgIpc) is 3.36. The Hall–Kier alpha value is -1.70. The van der Waals surface area contributed by atoms with E-state index in [-0.39, 0.29) is 16.2 Å². The van der Waals surface area contributed by atoms with Crippen molar-refractivity contribution in [3.63, 3.8) is 0 Å². The molecule has 2 aliphatic heterocycles. The van der Waals surface area contributed by atoms with Crippen LogP contribution in [-0.4, -0.2) is 38.3 Å². The first-order chi connectivity index (χ1) is 15.3. The maximum absolute atomic E-state index is 13.7. The fraction of sp³-hybridized carbons (Fsp3) is 0.480. The molecule has 7 heteroatoms. The Balaban J connectivity index is 1.48. The number of rotatable bonds is 3. The van der Waals surface area contributed by atoms with Crippen LogP contribution in [0.2, 0.25) is 0 Å². The van der Waals surface area contributed by atoms with E-state index in [4.69, 9.17) is 0 Å². The lowest BCUT2D eigenvalue weighted by Crippen LogP contribution is -2.38. The molecule has 32 heavy (non-hydrogen) atoms. The topological polar surface area (TPSA) is 57.7 Å². The molecule has 0 aromatic heterocycles.